The zero-order valence-corrected chi connectivity index (χ0v) is 19.0. The quantitative estimate of drug-likeness (QED) is 0.557. The van der Waals surface area contributed by atoms with Gasteiger partial charge in [0.15, 0.2) is 0 Å². The Labute approximate surface area is 191 Å². The molecule has 0 radical (unpaired) electrons. The van der Waals surface area contributed by atoms with Crippen LogP contribution in [0.3, 0.4) is 0 Å². The van der Waals surface area contributed by atoms with Crippen LogP contribution in [0.15, 0.2) is 57.4 Å². The van der Waals surface area contributed by atoms with Gasteiger partial charge in [0.25, 0.3) is 0 Å². The normalized spacial score (nSPS) is 15.8. The summed E-state index contributed by atoms with van der Waals surface area (Å²) in [6.45, 7) is 0.804. The van der Waals surface area contributed by atoms with Crippen LogP contribution in [-0.4, -0.2) is 41.4 Å². The highest BCUT2D eigenvalue weighted by atomic mass is 79.9. The molecule has 162 valence electrons. The molecule has 7 nitrogen and oxygen atoms in total. The van der Waals surface area contributed by atoms with Crippen LogP contribution in [0.2, 0.25) is 0 Å². The van der Waals surface area contributed by atoms with Gasteiger partial charge in [0.05, 0.1) is 0 Å². The predicted octanol–water partition coefficient (Wildman–Crippen LogP) is 3.98. The van der Waals surface area contributed by atoms with Crippen molar-refractivity contribution in [1.29, 1.82) is 0 Å². The maximum Gasteiger partial charge on any atom is 0.308 e. The molecule has 0 unspecified atom stereocenters. The van der Waals surface area contributed by atoms with Gasteiger partial charge in [-0.3, -0.25) is 9.59 Å². The molecule has 0 saturated carbocycles. The molecule has 0 spiro atoms. The number of hydrogen-bond acceptors (Lipinski definition) is 6. The average Bonchev–Trinajstić information content (AvgIpc) is 3.18. The Morgan fingerprint density at radius 2 is 1.90 bits per heavy atom. The van der Waals surface area contributed by atoms with Crippen LogP contribution in [-0.2, 0) is 4.79 Å². The Morgan fingerprint density at radius 1 is 1.19 bits per heavy atom. The van der Waals surface area contributed by atoms with E-state index < -0.39 is 5.91 Å². The fraction of sp³-hybridized carbons (Fsp3) is 0.238. The molecule has 4 rings (SSSR count). The number of nitrogens with one attached hydrogen (secondary N) is 2. The summed E-state index contributed by atoms with van der Waals surface area (Å²) in [7, 11) is 1.46. The van der Waals surface area contributed by atoms with E-state index in [9.17, 15) is 14.0 Å². The number of benzene rings is 2. The van der Waals surface area contributed by atoms with Gasteiger partial charge in [0.2, 0.25) is 11.8 Å². The third-order valence-electron chi connectivity index (χ3n) is 4.25. The van der Waals surface area contributed by atoms with E-state index in [1.54, 1.807) is 11.8 Å². The topological polar surface area (TPSA) is 97.1 Å². The fourth-order valence-corrected chi connectivity index (χ4v) is 4.06. The van der Waals surface area contributed by atoms with E-state index in [1.165, 1.54) is 31.3 Å². The number of amides is 2. The molecule has 2 amide bonds. The summed E-state index contributed by atoms with van der Waals surface area (Å²) >= 11 is 5.12. The number of hydrogen-bond donors (Lipinski definition) is 2. The summed E-state index contributed by atoms with van der Waals surface area (Å²) in [6, 6.07) is 13.5. The molecule has 2 heterocycles. The summed E-state index contributed by atoms with van der Waals surface area (Å²) in [4.78, 5) is 22.9. The smallest absolute Gasteiger partial charge is 0.308 e. The van der Waals surface area contributed by atoms with Crippen molar-refractivity contribution in [2.45, 2.75) is 11.7 Å². The van der Waals surface area contributed by atoms with E-state index in [2.05, 4.69) is 36.8 Å². The zero-order chi connectivity index (χ0) is 22.2. The van der Waals surface area contributed by atoms with Gasteiger partial charge in [-0.05, 0) is 54.1 Å². The highest BCUT2D eigenvalue weighted by molar-refractivity contribution is 9.10. The number of nitrogens with zero attached hydrogens (tertiary/aromatic N) is 2. The van der Waals surface area contributed by atoms with Gasteiger partial charge in [-0.15, -0.1) is 22.0 Å². The van der Waals surface area contributed by atoms with Gasteiger partial charge < -0.3 is 15.1 Å². The van der Waals surface area contributed by atoms with Crippen molar-refractivity contribution in [3.05, 3.63) is 70.3 Å². The van der Waals surface area contributed by atoms with E-state index >= 15 is 0 Å². The lowest BCUT2D eigenvalue weighted by atomic mass is 10.1. The lowest BCUT2D eigenvalue weighted by Crippen LogP contribution is -2.26. The molecule has 1 fully saturated rings. The first-order valence-corrected chi connectivity index (χ1v) is 11.3. The maximum atomic E-state index is 12.7. The van der Waals surface area contributed by atoms with Gasteiger partial charge in [0, 0.05) is 23.6 Å². The number of rotatable bonds is 3. The lowest BCUT2D eigenvalue weighted by Gasteiger charge is -2.12. The fourth-order valence-electron chi connectivity index (χ4n) is 2.67. The first-order chi connectivity index (χ1) is 15.0. The Balaban J connectivity index is 0.000000176. The first kappa shape index (κ1) is 23.0. The third-order valence-corrected chi connectivity index (χ3v) is 6.13. The summed E-state index contributed by atoms with van der Waals surface area (Å²) in [6.07, 6.45) is 1.06. The highest BCUT2D eigenvalue weighted by Crippen LogP contribution is 2.31. The maximum absolute atomic E-state index is 12.7. The predicted molar refractivity (Wildman–Crippen MR) is 120 cm³/mol. The van der Waals surface area contributed by atoms with E-state index in [0.29, 0.717) is 5.56 Å². The van der Waals surface area contributed by atoms with E-state index in [0.717, 1.165) is 28.8 Å². The van der Waals surface area contributed by atoms with E-state index in [4.69, 9.17) is 4.42 Å². The number of aromatic nitrogens is 2. The zero-order valence-electron chi connectivity index (χ0n) is 16.6. The van der Waals surface area contributed by atoms with Crippen LogP contribution in [0.4, 0.5) is 4.39 Å². The van der Waals surface area contributed by atoms with Gasteiger partial charge in [0.1, 0.15) is 11.1 Å². The van der Waals surface area contributed by atoms with Crippen LogP contribution in [0.5, 0.6) is 0 Å². The minimum absolute atomic E-state index is 0.0411. The van der Waals surface area contributed by atoms with E-state index in [1.807, 2.05) is 24.3 Å². The Bertz CT molecular complexity index is 1030. The minimum atomic E-state index is -0.458. The first-order valence-electron chi connectivity index (χ1n) is 9.44. The third kappa shape index (κ3) is 6.38. The van der Waals surface area contributed by atoms with Gasteiger partial charge in [-0.1, -0.05) is 28.1 Å². The molecule has 1 aromatic heterocycles. The second kappa shape index (κ2) is 11.1. The van der Waals surface area contributed by atoms with E-state index in [-0.39, 0.29) is 28.8 Å². The molecule has 0 bridgehead atoms. The molecule has 10 heteroatoms. The van der Waals surface area contributed by atoms with Crippen LogP contribution < -0.4 is 10.6 Å². The molecule has 1 saturated heterocycles. The van der Waals surface area contributed by atoms with Gasteiger partial charge >= 0.3 is 11.8 Å². The number of carbonyl (C=O) groups is 2. The van der Waals surface area contributed by atoms with Crippen molar-refractivity contribution in [2.24, 2.45) is 0 Å². The number of thioether (sulfide) groups is 1. The van der Waals surface area contributed by atoms with Crippen molar-refractivity contribution < 1.29 is 18.4 Å². The standard InChI is InChI=1S/C11H12BrNOS.C10H8FN3O2/c12-9-4-2-8(3-5-9)10-11(14)13-6-1-7-15-10;1-12-8(15)10-14-13-9(16-10)6-2-4-7(11)5-3-6/h2-5,10H,1,6-7H2,(H,13,14);2-5H,1H3,(H,12,15)/t10-;/m1./s1. The van der Waals surface area contributed by atoms with Crippen molar-refractivity contribution in [3.63, 3.8) is 0 Å². The summed E-state index contributed by atoms with van der Waals surface area (Å²) in [5, 5.41) is 12.5. The SMILES string of the molecule is CNC(=O)c1nnc(-c2ccc(F)cc2)o1.O=C1NCCCS[C@@H]1c1ccc(Br)cc1. The van der Waals surface area contributed by atoms with Gasteiger partial charge in [-0.25, -0.2) is 4.39 Å². The van der Waals surface area contributed by atoms with Crippen molar-refractivity contribution in [2.75, 3.05) is 19.3 Å². The van der Waals surface area contributed by atoms with Crippen LogP contribution in [0.1, 0.15) is 27.9 Å². The molecule has 2 N–H and O–H groups in total. The highest BCUT2D eigenvalue weighted by Gasteiger charge is 2.22. The summed E-state index contributed by atoms with van der Waals surface area (Å²) < 4.78 is 18.8. The molecule has 0 aliphatic carbocycles. The molecule has 1 aliphatic heterocycles. The average molecular weight is 507 g/mol. The second-order valence-corrected chi connectivity index (χ2v) is 8.57. The molecule has 1 aliphatic rings. The molecule has 1 atom stereocenters. The molecular formula is C21H20BrFN4O3S. The number of carbonyl (C=O) groups excluding carboxylic acids is 2. The van der Waals surface area contributed by atoms with Crippen LogP contribution in [0, 0.1) is 5.82 Å². The Hall–Kier alpha value is -2.72. The lowest BCUT2D eigenvalue weighted by molar-refractivity contribution is -0.120. The number of halogens is 2. The van der Waals surface area contributed by atoms with Crippen LogP contribution >= 0.6 is 27.7 Å². The van der Waals surface area contributed by atoms with Gasteiger partial charge in [-0.2, -0.15) is 0 Å². The minimum Gasteiger partial charge on any atom is -0.412 e. The second-order valence-electron chi connectivity index (χ2n) is 6.45. The largest absolute Gasteiger partial charge is 0.412 e. The summed E-state index contributed by atoms with van der Waals surface area (Å²) in [5.41, 5.74) is 1.65. The molecule has 2 aromatic carbocycles. The van der Waals surface area contributed by atoms with Crippen LogP contribution in [0.25, 0.3) is 11.5 Å². The van der Waals surface area contributed by atoms with Crippen molar-refractivity contribution >= 4 is 39.5 Å². The van der Waals surface area contributed by atoms with Crippen molar-refractivity contribution in [3.8, 4) is 11.5 Å². The van der Waals surface area contributed by atoms with Crippen molar-refractivity contribution in [1.82, 2.24) is 20.8 Å². The monoisotopic (exact) mass is 506 g/mol. The Kier molecular flexibility index (Phi) is 8.19. The molecule has 31 heavy (non-hydrogen) atoms. The molecular weight excluding hydrogens is 487 g/mol. The Morgan fingerprint density at radius 3 is 2.58 bits per heavy atom. The molecule has 3 aromatic rings. The summed E-state index contributed by atoms with van der Waals surface area (Å²) in [5.74, 6) is 0.426.